The normalized spacial score (nSPS) is 11.5. The Bertz CT molecular complexity index is 1840. The van der Waals surface area contributed by atoms with Crippen LogP contribution in [0.25, 0.3) is 27.6 Å². The molecular formula is C31H32N8O5S2. The van der Waals surface area contributed by atoms with Gasteiger partial charge in [-0.05, 0) is 32.9 Å². The van der Waals surface area contributed by atoms with Crippen LogP contribution in [0.4, 0.5) is 15.6 Å². The van der Waals surface area contributed by atoms with E-state index in [9.17, 15) is 14.4 Å². The van der Waals surface area contributed by atoms with Crippen molar-refractivity contribution in [2.75, 3.05) is 26.3 Å². The second-order valence-corrected chi connectivity index (χ2v) is 12.5. The van der Waals surface area contributed by atoms with Gasteiger partial charge in [0.15, 0.2) is 5.69 Å². The number of ether oxygens (including phenoxy) is 2. The molecule has 0 bridgehead atoms. The van der Waals surface area contributed by atoms with Crippen LogP contribution in [-0.2, 0) is 9.47 Å². The van der Waals surface area contributed by atoms with Gasteiger partial charge in [0, 0.05) is 46.7 Å². The lowest BCUT2D eigenvalue weighted by molar-refractivity contribution is 0.0500. The first kappa shape index (κ1) is 32.4. The molecule has 0 unspecified atom stereocenters. The van der Waals surface area contributed by atoms with Crippen LogP contribution in [0.1, 0.15) is 31.1 Å². The Morgan fingerprint density at radius 3 is 2.39 bits per heavy atom. The third kappa shape index (κ3) is 8.59. The van der Waals surface area contributed by atoms with Gasteiger partial charge < -0.3 is 20.1 Å². The van der Waals surface area contributed by atoms with Crippen molar-refractivity contribution in [2.24, 2.45) is 10.2 Å². The van der Waals surface area contributed by atoms with Crippen molar-refractivity contribution in [2.45, 2.75) is 26.4 Å². The lowest BCUT2D eigenvalue weighted by Gasteiger charge is -2.19. The fourth-order valence-electron chi connectivity index (χ4n) is 4.09. The molecule has 0 aliphatic rings. The number of nitrogens with one attached hydrogen (secondary N) is 3. The summed E-state index contributed by atoms with van der Waals surface area (Å²) in [5.74, 6) is -0.244. The van der Waals surface area contributed by atoms with Gasteiger partial charge in [-0.3, -0.25) is 14.7 Å². The first-order chi connectivity index (χ1) is 22.2. The van der Waals surface area contributed by atoms with E-state index in [1.165, 1.54) is 27.4 Å². The number of thiazole rings is 2. The van der Waals surface area contributed by atoms with Crippen LogP contribution < -0.4 is 16.2 Å². The van der Waals surface area contributed by atoms with E-state index in [0.717, 1.165) is 11.1 Å². The molecule has 15 heteroatoms. The highest BCUT2D eigenvalue weighted by Crippen LogP contribution is 2.30. The zero-order valence-electron chi connectivity index (χ0n) is 25.4. The Morgan fingerprint density at radius 2 is 1.70 bits per heavy atom. The monoisotopic (exact) mass is 660 g/mol. The van der Waals surface area contributed by atoms with Crippen LogP contribution in [0.3, 0.4) is 0 Å². The van der Waals surface area contributed by atoms with Crippen molar-refractivity contribution in [1.82, 2.24) is 30.4 Å². The van der Waals surface area contributed by atoms with Gasteiger partial charge in [-0.15, -0.1) is 32.9 Å². The van der Waals surface area contributed by atoms with Crippen molar-refractivity contribution < 1.29 is 19.1 Å². The van der Waals surface area contributed by atoms with E-state index >= 15 is 0 Å². The number of aromatic nitrogens is 4. The van der Waals surface area contributed by atoms with Crippen LogP contribution in [0.2, 0.25) is 0 Å². The number of nitrogens with zero attached hydrogens (tertiary/aromatic N) is 5. The zero-order chi connectivity index (χ0) is 32.5. The number of hydrogen-bond acceptors (Lipinski definition) is 11. The van der Waals surface area contributed by atoms with E-state index in [4.69, 9.17) is 9.47 Å². The number of benzene rings is 2. The maximum atomic E-state index is 13.5. The highest BCUT2D eigenvalue weighted by atomic mass is 32.1. The van der Waals surface area contributed by atoms with Crippen LogP contribution in [-0.4, -0.2) is 63.7 Å². The van der Waals surface area contributed by atoms with Gasteiger partial charge in [-0.1, -0.05) is 42.5 Å². The molecule has 0 aliphatic carbocycles. The Hall–Kier alpha value is -4.99. The molecule has 2 aromatic carbocycles. The van der Waals surface area contributed by atoms with Gasteiger partial charge in [0.05, 0.1) is 24.6 Å². The zero-order valence-corrected chi connectivity index (χ0v) is 27.0. The number of aromatic amines is 1. The first-order valence-electron chi connectivity index (χ1n) is 14.3. The molecule has 0 radical (unpaired) electrons. The lowest BCUT2D eigenvalue weighted by Crippen LogP contribution is -2.34. The molecule has 2 amide bonds. The summed E-state index contributed by atoms with van der Waals surface area (Å²) in [6.45, 7) is 6.57. The summed E-state index contributed by atoms with van der Waals surface area (Å²) in [4.78, 5) is 46.5. The third-order valence-electron chi connectivity index (χ3n) is 6.16. The largest absolute Gasteiger partial charge is 0.444 e. The van der Waals surface area contributed by atoms with Crippen LogP contribution in [0.5, 0.6) is 0 Å². The number of hydrogen-bond donors (Lipinski definition) is 3. The van der Waals surface area contributed by atoms with Gasteiger partial charge in [0.25, 0.3) is 5.91 Å². The molecule has 0 saturated heterocycles. The minimum Gasteiger partial charge on any atom is -0.444 e. The minimum absolute atomic E-state index is 0.149. The van der Waals surface area contributed by atoms with Gasteiger partial charge in [-0.25, -0.2) is 14.8 Å². The summed E-state index contributed by atoms with van der Waals surface area (Å²) >= 11 is 2.61. The molecule has 0 saturated carbocycles. The van der Waals surface area contributed by atoms with Crippen molar-refractivity contribution in [3.8, 4) is 27.6 Å². The number of carbonyl (C=O) groups is 2. The van der Waals surface area contributed by atoms with Gasteiger partial charge in [0.2, 0.25) is 10.3 Å². The number of alkyl carbamates (subject to hydrolysis) is 1. The Kier molecular flexibility index (Phi) is 10.5. The van der Waals surface area contributed by atoms with E-state index in [0.29, 0.717) is 53.5 Å². The smallest absolute Gasteiger partial charge is 0.407 e. The molecular weight excluding hydrogens is 629 g/mol. The summed E-state index contributed by atoms with van der Waals surface area (Å²) < 4.78 is 12.0. The summed E-state index contributed by atoms with van der Waals surface area (Å²) in [7, 11) is 0. The maximum Gasteiger partial charge on any atom is 0.407 e. The van der Waals surface area contributed by atoms with Gasteiger partial charge in [-0.2, -0.15) is 4.68 Å². The summed E-state index contributed by atoms with van der Waals surface area (Å²) in [6, 6.07) is 16.4. The predicted octanol–water partition coefficient (Wildman–Crippen LogP) is 6.10. The van der Waals surface area contributed by atoms with E-state index in [1.54, 1.807) is 56.6 Å². The number of rotatable bonds is 12. The number of H-pyrrole nitrogens is 1. The van der Waals surface area contributed by atoms with Gasteiger partial charge in [0.1, 0.15) is 5.60 Å². The topological polar surface area (TPSA) is 165 Å². The molecule has 3 aromatic heterocycles. The van der Waals surface area contributed by atoms with Crippen molar-refractivity contribution >= 4 is 45.5 Å². The number of amides is 2. The lowest BCUT2D eigenvalue weighted by atomic mass is 10.1. The summed E-state index contributed by atoms with van der Waals surface area (Å²) in [6.07, 6.45) is 1.12. The highest BCUT2D eigenvalue weighted by Gasteiger charge is 2.20. The Labute approximate surface area is 272 Å². The van der Waals surface area contributed by atoms with E-state index in [1.807, 2.05) is 35.7 Å². The fourth-order valence-corrected chi connectivity index (χ4v) is 5.34. The molecule has 0 fully saturated rings. The summed E-state index contributed by atoms with van der Waals surface area (Å²) in [5, 5.41) is 21.4. The first-order valence-corrected chi connectivity index (χ1v) is 16.0. The quantitative estimate of drug-likeness (QED) is 0.107. The molecule has 0 atom stereocenters. The van der Waals surface area contributed by atoms with Crippen molar-refractivity contribution in [3.63, 3.8) is 0 Å². The van der Waals surface area contributed by atoms with Crippen LogP contribution in [0, 0.1) is 0 Å². The molecule has 5 aromatic rings. The molecule has 13 nitrogen and oxygen atoms in total. The Morgan fingerprint density at radius 1 is 0.957 bits per heavy atom. The molecule has 3 heterocycles. The van der Waals surface area contributed by atoms with E-state index < -0.39 is 17.3 Å². The van der Waals surface area contributed by atoms with E-state index in [-0.39, 0.29) is 11.6 Å². The molecule has 46 heavy (non-hydrogen) atoms. The number of carbonyl (C=O) groups excluding carboxylic acids is 2. The molecule has 0 aliphatic heterocycles. The summed E-state index contributed by atoms with van der Waals surface area (Å²) in [5.41, 5.74) is 2.40. The van der Waals surface area contributed by atoms with Gasteiger partial charge >= 0.3 is 11.7 Å². The van der Waals surface area contributed by atoms with Crippen LogP contribution in [0.15, 0.2) is 86.6 Å². The highest BCUT2D eigenvalue weighted by molar-refractivity contribution is 7.13. The fraction of sp³-hybridized carbons (Fsp3) is 0.258. The second kappa shape index (κ2) is 14.9. The van der Waals surface area contributed by atoms with Crippen LogP contribution >= 0.6 is 22.7 Å². The third-order valence-corrected chi connectivity index (χ3v) is 7.64. The predicted molar refractivity (Wildman–Crippen MR) is 177 cm³/mol. The standard InChI is InChI=1S/C31H32N8O5S2/c1-31(2,3)44-30(42)34-14-17-43-16-13-32-26(40)22-11-9-20(10-12-22)23-19-46-29(35-23)39-27(41)25(36-37-28-33-15-18-45-28)24(38-39)21-7-5-4-6-8-21/h4-12,15,18-19,38H,13-14,16-17H2,1-3H3,(H,32,40)(H,34,42). The van der Waals surface area contributed by atoms with Crippen molar-refractivity contribution in [3.05, 3.63) is 87.5 Å². The molecule has 3 N–H and O–H groups in total. The average Bonchev–Trinajstić information content (AvgIpc) is 3.80. The Balaban J connectivity index is 1.19. The molecule has 238 valence electrons. The SMILES string of the molecule is CC(C)(C)OC(=O)NCCOCCNC(=O)c1ccc(-c2csc(-n3[nH]c(-c4ccccc4)c(N=Nc4nccs4)c3=O)n2)cc1. The molecule has 5 rings (SSSR count). The molecule has 0 spiro atoms. The maximum absolute atomic E-state index is 13.5. The number of azo groups is 1. The minimum atomic E-state index is -0.561. The van der Waals surface area contributed by atoms with Crippen molar-refractivity contribution in [1.29, 1.82) is 0 Å². The second-order valence-electron chi connectivity index (χ2n) is 10.7. The average molecular weight is 661 g/mol. The van der Waals surface area contributed by atoms with E-state index in [2.05, 4.69) is 35.9 Å².